The van der Waals surface area contributed by atoms with Crippen LogP contribution >= 0.6 is 0 Å². The van der Waals surface area contributed by atoms with Gasteiger partial charge in [-0.05, 0) is 25.7 Å². The number of amides is 1. The molecule has 3 N–H and O–H groups in total. The van der Waals surface area contributed by atoms with E-state index in [-0.39, 0.29) is 5.91 Å². The monoisotopic (exact) mass is 264 g/mol. The van der Waals surface area contributed by atoms with E-state index in [0.29, 0.717) is 6.54 Å². The molecular formula is C14H24N4O. The highest BCUT2D eigenvalue weighted by Gasteiger charge is 2.34. The van der Waals surface area contributed by atoms with Crippen molar-refractivity contribution in [1.82, 2.24) is 14.9 Å². The summed E-state index contributed by atoms with van der Waals surface area (Å²) in [7, 11) is 0. The predicted molar refractivity (Wildman–Crippen MR) is 74.5 cm³/mol. The molecule has 1 heterocycles. The summed E-state index contributed by atoms with van der Waals surface area (Å²) in [5, 5.41) is 2.98. The fourth-order valence-corrected chi connectivity index (χ4v) is 2.63. The second-order valence-corrected chi connectivity index (χ2v) is 5.48. The molecule has 0 radical (unpaired) electrons. The van der Waals surface area contributed by atoms with Gasteiger partial charge in [-0.15, -0.1) is 0 Å². The number of imidazole rings is 1. The van der Waals surface area contributed by atoms with Crippen molar-refractivity contribution in [3.63, 3.8) is 0 Å². The number of unbranched alkanes of at least 4 members (excludes halogenated alkanes) is 1. The third kappa shape index (κ3) is 4.06. The van der Waals surface area contributed by atoms with E-state index < -0.39 is 5.54 Å². The number of carbonyl (C=O) groups is 1. The fourth-order valence-electron chi connectivity index (χ4n) is 2.63. The molecular weight excluding hydrogens is 240 g/mol. The Labute approximate surface area is 114 Å². The number of hydrogen-bond donors (Lipinski definition) is 2. The first-order valence-electron chi connectivity index (χ1n) is 7.24. The highest BCUT2D eigenvalue weighted by atomic mass is 16.2. The molecule has 0 spiro atoms. The van der Waals surface area contributed by atoms with Crippen LogP contribution in [0.2, 0.25) is 0 Å². The SMILES string of the molecule is NC1(C(=O)NCCCCn2ccnc2)CCCCC1. The molecule has 2 rings (SSSR count). The van der Waals surface area contributed by atoms with Gasteiger partial charge in [0, 0.05) is 25.5 Å². The van der Waals surface area contributed by atoms with E-state index in [9.17, 15) is 4.79 Å². The number of nitrogens with zero attached hydrogens (tertiary/aromatic N) is 2. The van der Waals surface area contributed by atoms with Crippen LogP contribution in [0, 0.1) is 0 Å². The highest BCUT2D eigenvalue weighted by molar-refractivity contribution is 5.86. The second kappa shape index (κ2) is 6.70. The maximum absolute atomic E-state index is 12.1. The van der Waals surface area contributed by atoms with Crippen molar-refractivity contribution in [1.29, 1.82) is 0 Å². The predicted octanol–water partition coefficient (Wildman–Crippen LogP) is 1.44. The molecule has 19 heavy (non-hydrogen) atoms. The molecule has 0 saturated heterocycles. The minimum absolute atomic E-state index is 0.0369. The van der Waals surface area contributed by atoms with E-state index in [1.54, 1.807) is 6.20 Å². The number of hydrogen-bond acceptors (Lipinski definition) is 3. The molecule has 0 aliphatic heterocycles. The van der Waals surface area contributed by atoms with E-state index in [1.165, 1.54) is 6.42 Å². The number of aromatic nitrogens is 2. The Hall–Kier alpha value is -1.36. The summed E-state index contributed by atoms with van der Waals surface area (Å²) in [6.07, 6.45) is 12.6. The van der Waals surface area contributed by atoms with Crippen molar-refractivity contribution >= 4 is 5.91 Å². The molecule has 1 aromatic rings. The fraction of sp³-hybridized carbons (Fsp3) is 0.714. The Kier molecular flexibility index (Phi) is 4.96. The van der Waals surface area contributed by atoms with Gasteiger partial charge in [0.15, 0.2) is 0 Å². The zero-order valence-electron chi connectivity index (χ0n) is 11.5. The van der Waals surface area contributed by atoms with Crippen molar-refractivity contribution in [2.24, 2.45) is 5.73 Å². The van der Waals surface area contributed by atoms with Crippen LogP contribution in [0.4, 0.5) is 0 Å². The zero-order chi connectivity index (χ0) is 13.6. The maximum atomic E-state index is 12.1. The topological polar surface area (TPSA) is 72.9 Å². The van der Waals surface area contributed by atoms with Crippen molar-refractivity contribution in [2.45, 2.75) is 57.0 Å². The van der Waals surface area contributed by atoms with Crippen LogP contribution in [0.25, 0.3) is 0 Å². The summed E-state index contributed by atoms with van der Waals surface area (Å²) in [5.74, 6) is 0.0369. The number of rotatable bonds is 6. The third-order valence-corrected chi connectivity index (χ3v) is 3.89. The number of nitrogens with one attached hydrogen (secondary N) is 1. The standard InChI is InChI=1S/C14H24N4O/c15-14(6-2-1-3-7-14)13(19)17-8-4-5-10-18-11-9-16-12-18/h9,11-12H,1-8,10,15H2,(H,17,19). The van der Waals surface area contributed by atoms with Crippen molar-refractivity contribution in [2.75, 3.05) is 6.54 Å². The van der Waals surface area contributed by atoms with Gasteiger partial charge in [0.05, 0.1) is 11.9 Å². The summed E-state index contributed by atoms with van der Waals surface area (Å²) in [5.41, 5.74) is 5.56. The maximum Gasteiger partial charge on any atom is 0.240 e. The van der Waals surface area contributed by atoms with Crippen LogP contribution in [0.5, 0.6) is 0 Å². The normalized spacial score (nSPS) is 18.2. The van der Waals surface area contributed by atoms with Gasteiger partial charge in [-0.2, -0.15) is 0 Å². The molecule has 0 bridgehead atoms. The van der Waals surface area contributed by atoms with Crippen LogP contribution in [0.1, 0.15) is 44.9 Å². The molecule has 0 unspecified atom stereocenters. The number of carbonyl (C=O) groups excluding carboxylic acids is 1. The van der Waals surface area contributed by atoms with Crippen LogP contribution in [-0.4, -0.2) is 27.5 Å². The number of aryl methyl sites for hydroxylation is 1. The van der Waals surface area contributed by atoms with Gasteiger partial charge in [-0.3, -0.25) is 4.79 Å². The lowest BCUT2D eigenvalue weighted by molar-refractivity contribution is -0.127. The smallest absolute Gasteiger partial charge is 0.240 e. The van der Waals surface area contributed by atoms with Gasteiger partial charge >= 0.3 is 0 Å². The van der Waals surface area contributed by atoms with Gasteiger partial charge in [-0.1, -0.05) is 19.3 Å². The molecule has 5 nitrogen and oxygen atoms in total. The highest BCUT2D eigenvalue weighted by Crippen LogP contribution is 2.25. The molecule has 0 atom stereocenters. The average Bonchev–Trinajstić information content (AvgIpc) is 2.92. The number of nitrogens with two attached hydrogens (primary N) is 1. The van der Waals surface area contributed by atoms with Crippen LogP contribution in [-0.2, 0) is 11.3 Å². The molecule has 1 amide bonds. The Morgan fingerprint density at radius 1 is 1.32 bits per heavy atom. The zero-order valence-corrected chi connectivity index (χ0v) is 11.5. The molecule has 1 saturated carbocycles. The van der Waals surface area contributed by atoms with E-state index >= 15 is 0 Å². The molecule has 1 aliphatic rings. The van der Waals surface area contributed by atoms with Gasteiger partial charge in [-0.25, -0.2) is 4.98 Å². The first-order valence-corrected chi connectivity index (χ1v) is 7.24. The Morgan fingerprint density at radius 2 is 2.11 bits per heavy atom. The summed E-state index contributed by atoms with van der Waals surface area (Å²) in [6.45, 7) is 1.66. The molecule has 106 valence electrons. The Morgan fingerprint density at radius 3 is 2.79 bits per heavy atom. The first-order chi connectivity index (χ1) is 9.21. The summed E-state index contributed by atoms with van der Waals surface area (Å²) in [4.78, 5) is 16.1. The van der Waals surface area contributed by atoms with E-state index in [1.807, 2.05) is 17.1 Å². The summed E-state index contributed by atoms with van der Waals surface area (Å²) >= 11 is 0. The Bertz CT molecular complexity index is 382. The van der Waals surface area contributed by atoms with Gasteiger partial charge in [0.1, 0.15) is 0 Å². The molecule has 1 aromatic heterocycles. The van der Waals surface area contributed by atoms with Crippen molar-refractivity contribution < 1.29 is 4.79 Å². The van der Waals surface area contributed by atoms with Gasteiger partial charge < -0.3 is 15.6 Å². The van der Waals surface area contributed by atoms with Crippen molar-refractivity contribution in [3.8, 4) is 0 Å². The van der Waals surface area contributed by atoms with Crippen LogP contribution in [0.3, 0.4) is 0 Å². The summed E-state index contributed by atoms with van der Waals surface area (Å²) in [6, 6.07) is 0. The quantitative estimate of drug-likeness (QED) is 0.764. The largest absolute Gasteiger partial charge is 0.355 e. The lowest BCUT2D eigenvalue weighted by atomic mass is 9.82. The van der Waals surface area contributed by atoms with E-state index in [2.05, 4.69) is 10.3 Å². The summed E-state index contributed by atoms with van der Waals surface area (Å²) < 4.78 is 2.05. The minimum atomic E-state index is -0.609. The second-order valence-electron chi connectivity index (χ2n) is 5.48. The lowest BCUT2D eigenvalue weighted by Gasteiger charge is -2.31. The van der Waals surface area contributed by atoms with Crippen molar-refractivity contribution in [3.05, 3.63) is 18.7 Å². The molecule has 1 fully saturated rings. The Balaban J connectivity index is 1.61. The molecule has 0 aromatic carbocycles. The van der Waals surface area contributed by atoms with Crippen LogP contribution in [0.15, 0.2) is 18.7 Å². The third-order valence-electron chi connectivity index (χ3n) is 3.89. The lowest BCUT2D eigenvalue weighted by Crippen LogP contribution is -2.55. The molecule has 5 heteroatoms. The van der Waals surface area contributed by atoms with Gasteiger partial charge in [0.25, 0.3) is 0 Å². The average molecular weight is 264 g/mol. The van der Waals surface area contributed by atoms with Crippen LogP contribution < -0.4 is 11.1 Å². The van der Waals surface area contributed by atoms with Gasteiger partial charge in [0.2, 0.25) is 5.91 Å². The van der Waals surface area contributed by atoms with E-state index in [4.69, 9.17) is 5.73 Å². The minimum Gasteiger partial charge on any atom is -0.355 e. The first kappa shape index (κ1) is 14.1. The molecule has 1 aliphatic carbocycles. The van der Waals surface area contributed by atoms with E-state index in [0.717, 1.165) is 45.1 Å².